The lowest BCUT2D eigenvalue weighted by atomic mass is 9.97. The SMILES string of the molecule is Br.CC(C)C(=O)Oc1ccc2cc(C(C)CN3CCCC3)ccc2c1. The molecule has 0 aliphatic carbocycles. The van der Waals surface area contributed by atoms with E-state index in [0.29, 0.717) is 11.7 Å². The van der Waals surface area contributed by atoms with E-state index in [1.807, 2.05) is 32.0 Å². The fourth-order valence-electron chi connectivity index (χ4n) is 3.30. The number of hydrogen-bond donors (Lipinski definition) is 0. The van der Waals surface area contributed by atoms with E-state index in [1.165, 1.54) is 36.9 Å². The molecule has 1 aliphatic rings. The van der Waals surface area contributed by atoms with Gasteiger partial charge < -0.3 is 9.64 Å². The standard InChI is InChI=1S/C21H27NO2.BrH/c1-15(2)21(23)24-20-9-8-18-12-17(6-7-19(18)13-20)16(3)14-22-10-4-5-11-22;/h6-9,12-13,15-16H,4-5,10-11,14H2,1-3H3;1H. The van der Waals surface area contributed by atoms with Crippen molar-refractivity contribution in [2.45, 2.75) is 39.5 Å². The van der Waals surface area contributed by atoms with Gasteiger partial charge in [0.05, 0.1) is 5.92 Å². The number of benzene rings is 2. The Bertz CT molecular complexity index is 723. The molecule has 0 amide bonds. The highest BCUT2D eigenvalue weighted by Crippen LogP contribution is 2.26. The third-order valence-electron chi connectivity index (χ3n) is 4.83. The molecule has 4 heteroatoms. The van der Waals surface area contributed by atoms with Gasteiger partial charge in [0.2, 0.25) is 0 Å². The van der Waals surface area contributed by atoms with Crippen LogP contribution in [0.4, 0.5) is 0 Å². The predicted octanol–water partition coefficient (Wildman–Crippen LogP) is 5.18. The van der Waals surface area contributed by atoms with Crippen LogP contribution in [0, 0.1) is 5.92 Å². The van der Waals surface area contributed by atoms with Crippen LogP contribution in [0.5, 0.6) is 5.75 Å². The van der Waals surface area contributed by atoms with E-state index >= 15 is 0 Å². The van der Waals surface area contributed by atoms with Crippen LogP contribution in [-0.4, -0.2) is 30.5 Å². The number of carbonyl (C=O) groups excluding carboxylic acids is 1. The molecule has 25 heavy (non-hydrogen) atoms. The zero-order valence-electron chi connectivity index (χ0n) is 15.3. The predicted molar refractivity (Wildman–Crippen MR) is 109 cm³/mol. The highest BCUT2D eigenvalue weighted by molar-refractivity contribution is 8.93. The minimum absolute atomic E-state index is 0. The highest BCUT2D eigenvalue weighted by Gasteiger charge is 2.16. The van der Waals surface area contributed by atoms with Gasteiger partial charge in [0.1, 0.15) is 5.75 Å². The number of ether oxygens (including phenoxy) is 1. The minimum atomic E-state index is -0.190. The zero-order chi connectivity index (χ0) is 17.1. The summed E-state index contributed by atoms with van der Waals surface area (Å²) in [6, 6.07) is 12.5. The summed E-state index contributed by atoms with van der Waals surface area (Å²) in [6.45, 7) is 9.60. The molecule has 0 bridgehead atoms. The molecule has 1 saturated heterocycles. The second kappa shape index (κ2) is 8.81. The Kier molecular flexibility index (Phi) is 7.03. The molecule has 1 aliphatic heterocycles. The molecule has 0 radical (unpaired) electrons. The average Bonchev–Trinajstić information content (AvgIpc) is 3.07. The quantitative estimate of drug-likeness (QED) is 0.506. The van der Waals surface area contributed by atoms with Gasteiger partial charge in [-0.25, -0.2) is 0 Å². The van der Waals surface area contributed by atoms with Crippen molar-refractivity contribution in [1.29, 1.82) is 0 Å². The van der Waals surface area contributed by atoms with E-state index in [2.05, 4.69) is 30.0 Å². The van der Waals surface area contributed by atoms with Gasteiger partial charge in [-0.05, 0) is 60.3 Å². The number of hydrogen-bond acceptors (Lipinski definition) is 3. The molecule has 2 aromatic carbocycles. The Labute approximate surface area is 161 Å². The van der Waals surface area contributed by atoms with Gasteiger partial charge in [-0.15, -0.1) is 17.0 Å². The first-order valence-corrected chi connectivity index (χ1v) is 9.00. The molecule has 1 heterocycles. The van der Waals surface area contributed by atoms with Gasteiger partial charge in [0.25, 0.3) is 0 Å². The van der Waals surface area contributed by atoms with Crippen LogP contribution in [0.15, 0.2) is 36.4 Å². The van der Waals surface area contributed by atoms with Crippen molar-refractivity contribution in [2.24, 2.45) is 5.92 Å². The number of esters is 1. The van der Waals surface area contributed by atoms with Crippen LogP contribution in [-0.2, 0) is 4.79 Å². The van der Waals surface area contributed by atoms with Crippen LogP contribution in [0.25, 0.3) is 10.8 Å². The molecule has 3 nitrogen and oxygen atoms in total. The first kappa shape index (κ1) is 19.9. The summed E-state index contributed by atoms with van der Waals surface area (Å²) < 4.78 is 5.40. The Morgan fingerprint density at radius 2 is 1.68 bits per heavy atom. The fraction of sp³-hybridized carbons (Fsp3) is 0.476. The second-order valence-corrected chi connectivity index (χ2v) is 7.25. The summed E-state index contributed by atoms with van der Waals surface area (Å²) in [5.74, 6) is 0.852. The molecule has 0 saturated carbocycles. The first-order valence-electron chi connectivity index (χ1n) is 9.00. The molecule has 2 aromatic rings. The molecular formula is C21H28BrNO2. The van der Waals surface area contributed by atoms with Crippen LogP contribution < -0.4 is 4.74 Å². The smallest absolute Gasteiger partial charge is 0.313 e. The summed E-state index contributed by atoms with van der Waals surface area (Å²) in [4.78, 5) is 14.3. The van der Waals surface area contributed by atoms with Crippen molar-refractivity contribution in [3.8, 4) is 5.75 Å². The highest BCUT2D eigenvalue weighted by atomic mass is 79.9. The van der Waals surface area contributed by atoms with Crippen molar-refractivity contribution >= 4 is 33.7 Å². The zero-order valence-corrected chi connectivity index (χ0v) is 17.0. The molecule has 0 aromatic heterocycles. The van der Waals surface area contributed by atoms with E-state index in [1.54, 1.807) is 0 Å². The normalized spacial score (nSPS) is 16.0. The number of halogens is 1. The Balaban J connectivity index is 0.00000225. The third-order valence-corrected chi connectivity index (χ3v) is 4.83. The van der Waals surface area contributed by atoms with Crippen LogP contribution >= 0.6 is 17.0 Å². The molecule has 136 valence electrons. The van der Waals surface area contributed by atoms with E-state index in [0.717, 1.165) is 11.9 Å². The molecule has 3 rings (SSSR count). The van der Waals surface area contributed by atoms with Crippen molar-refractivity contribution in [1.82, 2.24) is 4.90 Å². The molecule has 1 atom stereocenters. The van der Waals surface area contributed by atoms with Crippen molar-refractivity contribution in [2.75, 3.05) is 19.6 Å². The van der Waals surface area contributed by atoms with Gasteiger partial charge in [-0.2, -0.15) is 0 Å². The topological polar surface area (TPSA) is 29.5 Å². The van der Waals surface area contributed by atoms with Gasteiger partial charge in [-0.1, -0.05) is 45.0 Å². The fourth-order valence-corrected chi connectivity index (χ4v) is 3.30. The molecule has 0 spiro atoms. The Morgan fingerprint density at radius 3 is 2.36 bits per heavy atom. The average molecular weight is 406 g/mol. The number of carbonyl (C=O) groups is 1. The van der Waals surface area contributed by atoms with Crippen molar-refractivity contribution in [3.63, 3.8) is 0 Å². The third kappa shape index (κ3) is 5.05. The van der Waals surface area contributed by atoms with E-state index in [-0.39, 0.29) is 28.9 Å². The van der Waals surface area contributed by atoms with E-state index in [4.69, 9.17) is 4.74 Å². The molecule has 1 unspecified atom stereocenters. The minimum Gasteiger partial charge on any atom is -0.426 e. The summed E-state index contributed by atoms with van der Waals surface area (Å²) in [5, 5.41) is 2.31. The lowest BCUT2D eigenvalue weighted by Crippen LogP contribution is -2.24. The maximum Gasteiger partial charge on any atom is 0.313 e. The van der Waals surface area contributed by atoms with Gasteiger partial charge >= 0.3 is 5.97 Å². The number of likely N-dealkylation sites (tertiary alicyclic amines) is 1. The number of rotatable bonds is 5. The molecule has 1 fully saturated rings. The van der Waals surface area contributed by atoms with Gasteiger partial charge in [0, 0.05) is 6.54 Å². The lowest BCUT2D eigenvalue weighted by Gasteiger charge is -2.20. The molecular weight excluding hydrogens is 378 g/mol. The summed E-state index contributed by atoms with van der Waals surface area (Å²) in [7, 11) is 0. The maximum absolute atomic E-state index is 11.7. The monoisotopic (exact) mass is 405 g/mol. The van der Waals surface area contributed by atoms with Gasteiger partial charge in [-0.3, -0.25) is 4.79 Å². The van der Waals surface area contributed by atoms with E-state index in [9.17, 15) is 4.79 Å². The summed E-state index contributed by atoms with van der Waals surface area (Å²) in [6.07, 6.45) is 2.67. The Morgan fingerprint density at radius 1 is 1.04 bits per heavy atom. The van der Waals surface area contributed by atoms with Crippen molar-refractivity contribution in [3.05, 3.63) is 42.0 Å². The van der Waals surface area contributed by atoms with Crippen LogP contribution in [0.1, 0.15) is 45.1 Å². The largest absolute Gasteiger partial charge is 0.426 e. The number of fused-ring (bicyclic) bond motifs is 1. The van der Waals surface area contributed by atoms with Gasteiger partial charge in [0.15, 0.2) is 0 Å². The Hall–Kier alpha value is -1.39. The van der Waals surface area contributed by atoms with E-state index < -0.39 is 0 Å². The lowest BCUT2D eigenvalue weighted by molar-refractivity contribution is -0.137. The van der Waals surface area contributed by atoms with Crippen LogP contribution in [0.3, 0.4) is 0 Å². The second-order valence-electron chi connectivity index (χ2n) is 7.25. The maximum atomic E-state index is 11.7. The molecule has 0 N–H and O–H groups in total. The van der Waals surface area contributed by atoms with Crippen molar-refractivity contribution < 1.29 is 9.53 Å². The number of nitrogens with zero attached hydrogens (tertiary/aromatic N) is 1. The summed E-state index contributed by atoms with van der Waals surface area (Å²) >= 11 is 0. The van der Waals surface area contributed by atoms with Crippen LogP contribution in [0.2, 0.25) is 0 Å². The summed E-state index contributed by atoms with van der Waals surface area (Å²) in [5.41, 5.74) is 1.38. The first-order chi connectivity index (χ1) is 11.5.